The van der Waals surface area contributed by atoms with Crippen molar-refractivity contribution in [1.82, 2.24) is 10.1 Å². The van der Waals surface area contributed by atoms with Crippen LogP contribution in [-0.4, -0.2) is 37.5 Å². The number of sulfonamides is 1. The van der Waals surface area contributed by atoms with Crippen LogP contribution in [0.1, 0.15) is 41.8 Å². The second kappa shape index (κ2) is 12.9. The number of amides is 1. The number of carbonyl (C=O) groups is 2. The summed E-state index contributed by atoms with van der Waals surface area (Å²) in [5.41, 5.74) is 3.65. The minimum Gasteiger partial charge on any atom is -0.423 e. The lowest BCUT2D eigenvalue weighted by atomic mass is 10.0. The summed E-state index contributed by atoms with van der Waals surface area (Å²) < 4.78 is 33.3. The number of ether oxygens (including phenoxy) is 1. The number of rotatable bonds is 11. The number of hydrogen-bond acceptors (Lipinski definition) is 8. The van der Waals surface area contributed by atoms with E-state index in [9.17, 15) is 28.1 Å². The summed E-state index contributed by atoms with van der Waals surface area (Å²) in [6, 6.07) is 16.6. The zero-order valence-corrected chi connectivity index (χ0v) is 22.3. The van der Waals surface area contributed by atoms with E-state index >= 15 is 0 Å². The normalized spacial score (nSPS) is 12.3. The van der Waals surface area contributed by atoms with Crippen LogP contribution in [0.5, 0.6) is 5.75 Å². The molecule has 0 spiro atoms. The van der Waals surface area contributed by atoms with E-state index in [1.54, 1.807) is 24.3 Å². The SMILES string of the molecule is Cc1ccc(S(=O)(=O)N[C@H](CC(C)C)C(=O)N/N=C\c2ccc(OC(=O)c3cccc([N+](=O)[O-])c3)cc2)cc1. The van der Waals surface area contributed by atoms with Crippen molar-refractivity contribution in [3.05, 3.63) is 99.6 Å². The molecular formula is C27H28N4O7S. The fraction of sp³-hybridized carbons (Fsp3) is 0.222. The molecule has 0 heterocycles. The van der Waals surface area contributed by atoms with Crippen molar-refractivity contribution in [3.8, 4) is 5.75 Å². The highest BCUT2D eigenvalue weighted by Crippen LogP contribution is 2.17. The fourth-order valence-electron chi connectivity index (χ4n) is 3.44. The smallest absolute Gasteiger partial charge is 0.343 e. The minimum atomic E-state index is -3.92. The van der Waals surface area contributed by atoms with Gasteiger partial charge in [-0.1, -0.05) is 37.6 Å². The predicted octanol–water partition coefficient (Wildman–Crippen LogP) is 3.97. The first kappa shape index (κ1) is 29.1. The van der Waals surface area contributed by atoms with Crippen LogP contribution in [-0.2, 0) is 14.8 Å². The summed E-state index contributed by atoms with van der Waals surface area (Å²) in [7, 11) is -3.92. The van der Waals surface area contributed by atoms with Crippen molar-refractivity contribution in [2.45, 2.75) is 38.1 Å². The van der Waals surface area contributed by atoms with E-state index in [2.05, 4.69) is 15.2 Å². The summed E-state index contributed by atoms with van der Waals surface area (Å²) in [6.45, 7) is 5.59. The summed E-state index contributed by atoms with van der Waals surface area (Å²) in [6.07, 6.45) is 1.61. The Morgan fingerprint density at radius 1 is 1.05 bits per heavy atom. The highest BCUT2D eigenvalue weighted by Gasteiger charge is 2.26. The average molecular weight is 553 g/mol. The number of nitro benzene ring substituents is 1. The van der Waals surface area contributed by atoms with Gasteiger partial charge in [-0.2, -0.15) is 9.82 Å². The van der Waals surface area contributed by atoms with E-state index in [0.29, 0.717) is 5.56 Å². The summed E-state index contributed by atoms with van der Waals surface area (Å²) in [5, 5.41) is 14.8. The molecule has 1 atom stereocenters. The van der Waals surface area contributed by atoms with E-state index in [-0.39, 0.29) is 34.2 Å². The number of benzene rings is 3. The van der Waals surface area contributed by atoms with Gasteiger partial charge in [-0.05, 0) is 67.3 Å². The van der Waals surface area contributed by atoms with E-state index in [0.717, 1.165) is 11.6 Å². The van der Waals surface area contributed by atoms with E-state index in [1.807, 2.05) is 20.8 Å². The Hall–Kier alpha value is -4.42. The molecule has 0 aromatic heterocycles. The quantitative estimate of drug-likeness (QED) is 0.120. The molecule has 0 bridgehead atoms. The molecular weight excluding hydrogens is 524 g/mol. The zero-order chi connectivity index (χ0) is 28.6. The summed E-state index contributed by atoms with van der Waals surface area (Å²) >= 11 is 0. The molecule has 11 nitrogen and oxygen atoms in total. The van der Waals surface area contributed by atoms with Crippen LogP contribution in [0, 0.1) is 23.0 Å². The molecule has 2 N–H and O–H groups in total. The zero-order valence-electron chi connectivity index (χ0n) is 21.5. The largest absolute Gasteiger partial charge is 0.423 e. The van der Waals surface area contributed by atoms with Crippen molar-refractivity contribution in [1.29, 1.82) is 0 Å². The second-order valence-corrected chi connectivity index (χ2v) is 10.8. The first-order chi connectivity index (χ1) is 18.4. The van der Waals surface area contributed by atoms with Gasteiger partial charge in [-0.15, -0.1) is 0 Å². The molecule has 0 fully saturated rings. The first-order valence-corrected chi connectivity index (χ1v) is 13.4. The highest BCUT2D eigenvalue weighted by molar-refractivity contribution is 7.89. The van der Waals surface area contributed by atoms with Gasteiger partial charge in [-0.3, -0.25) is 14.9 Å². The summed E-state index contributed by atoms with van der Waals surface area (Å²) in [4.78, 5) is 35.4. The number of hydrogen-bond donors (Lipinski definition) is 2. The highest BCUT2D eigenvalue weighted by atomic mass is 32.2. The van der Waals surface area contributed by atoms with Gasteiger partial charge in [0.15, 0.2) is 0 Å². The molecule has 204 valence electrons. The molecule has 0 aliphatic heterocycles. The number of aryl methyl sites for hydroxylation is 1. The number of esters is 1. The third-order valence-corrected chi connectivity index (χ3v) is 6.91. The van der Waals surface area contributed by atoms with Crippen LogP contribution >= 0.6 is 0 Å². The number of nitro groups is 1. The Morgan fingerprint density at radius 2 is 1.72 bits per heavy atom. The third kappa shape index (κ3) is 8.55. The number of nitrogens with zero attached hydrogens (tertiary/aromatic N) is 2. The minimum absolute atomic E-state index is 0.0303. The number of nitrogens with one attached hydrogen (secondary N) is 2. The van der Waals surface area contributed by atoms with Gasteiger partial charge >= 0.3 is 5.97 Å². The van der Waals surface area contributed by atoms with Gasteiger partial charge in [0.1, 0.15) is 11.8 Å². The maximum atomic E-state index is 12.8. The topological polar surface area (TPSA) is 157 Å². The van der Waals surface area contributed by atoms with Gasteiger partial charge in [0.05, 0.1) is 21.6 Å². The first-order valence-electron chi connectivity index (χ1n) is 11.9. The Morgan fingerprint density at radius 3 is 2.33 bits per heavy atom. The molecule has 12 heteroatoms. The fourth-order valence-corrected chi connectivity index (χ4v) is 4.64. The lowest BCUT2D eigenvalue weighted by Crippen LogP contribution is -2.46. The molecule has 0 unspecified atom stereocenters. The van der Waals surface area contributed by atoms with E-state index in [1.165, 1.54) is 48.7 Å². The van der Waals surface area contributed by atoms with Gasteiger partial charge in [0.25, 0.3) is 11.6 Å². The molecule has 0 aliphatic rings. The van der Waals surface area contributed by atoms with Crippen molar-refractivity contribution in [2.75, 3.05) is 0 Å². The van der Waals surface area contributed by atoms with Crippen LogP contribution < -0.4 is 14.9 Å². The molecule has 1 amide bonds. The average Bonchev–Trinajstić information content (AvgIpc) is 2.89. The lowest BCUT2D eigenvalue weighted by Gasteiger charge is -2.19. The molecule has 3 aromatic carbocycles. The van der Waals surface area contributed by atoms with Crippen LogP contribution in [0.2, 0.25) is 0 Å². The molecule has 0 saturated heterocycles. The monoisotopic (exact) mass is 552 g/mol. The lowest BCUT2D eigenvalue weighted by molar-refractivity contribution is -0.384. The van der Waals surface area contributed by atoms with Gasteiger partial charge in [0.2, 0.25) is 10.0 Å². The maximum Gasteiger partial charge on any atom is 0.343 e. The van der Waals surface area contributed by atoms with Crippen LogP contribution in [0.4, 0.5) is 5.69 Å². The Labute approximate surface area is 226 Å². The molecule has 3 rings (SSSR count). The van der Waals surface area contributed by atoms with Crippen molar-refractivity contribution in [2.24, 2.45) is 11.0 Å². The van der Waals surface area contributed by atoms with Crippen LogP contribution in [0.15, 0.2) is 82.8 Å². The van der Waals surface area contributed by atoms with Gasteiger partial charge in [-0.25, -0.2) is 18.6 Å². The summed E-state index contributed by atoms with van der Waals surface area (Å²) in [5.74, 6) is -1.13. The maximum absolute atomic E-state index is 12.8. The molecule has 0 aliphatic carbocycles. The predicted molar refractivity (Wildman–Crippen MR) is 145 cm³/mol. The Balaban J connectivity index is 1.61. The number of hydrazone groups is 1. The van der Waals surface area contributed by atoms with Crippen molar-refractivity contribution in [3.63, 3.8) is 0 Å². The second-order valence-electron chi connectivity index (χ2n) is 9.12. The van der Waals surface area contributed by atoms with E-state index < -0.39 is 32.9 Å². The Kier molecular flexibility index (Phi) is 9.63. The third-order valence-electron chi connectivity index (χ3n) is 5.42. The van der Waals surface area contributed by atoms with E-state index in [4.69, 9.17) is 4.74 Å². The molecule has 0 saturated carbocycles. The number of carbonyl (C=O) groups excluding carboxylic acids is 2. The molecule has 0 radical (unpaired) electrons. The van der Waals surface area contributed by atoms with Gasteiger partial charge in [0, 0.05) is 12.1 Å². The van der Waals surface area contributed by atoms with Crippen molar-refractivity contribution >= 4 is 33.8 Å². The Bertz CT molecular complexity index is 1470. The molecule has 3 aromatic rings. The van der Waals surface area contributed by atoms with Gasteiger partial charge < -0.3 is 4.74 Å². The molecule has 39 heavy (non-hydrogen) atoms. The number of non-ortho nitro benzene ring substituents is 1. The van der Waals surface area contributed by atoms with Crippen molar-refractivity contribution < 1.29 is 27.7 Å². The van der Waals surface area contributed by atoms with Crippen LogP contribution in [0.3, 0.4) is 0 Å². The van der Waals surface area contributed by atoms with Crippen LogP contribution in [0.25, 0.3) is 0 Å². The standard InChI is InChI=1S/C27H28N4O7S/c1-18(2)15-25(30-39(36,37)24-13-7-19(3)8-14-24)26(32)29-28-17-20-9-11-23(12-10-20)38-27(33)21-5-4-6-22(16-21)31(34)35/h4-14,16-18,25,30H,15H2,1-3H3,(H,29,32)/b28-17-/t25-/m1/s1.